The summed E-state index contributed by atoms with van der Waals surface area (Å²) >= 11 is 0. The maximum atomic E-state index is 14.0. The summed E-state index contributed by atoms with van der Waals surface area (Å²) in [6.45, 7) is 0. The van der Waals surface area contributed by atoms with Crippen molar-refractivity contribution in [3.63, 3.8) is 0 Å². The van der Waals surface area contributed by atoms with Crippen LogP contribution in [0.5, 0.6) is 0 Å². The number of aromatic nitrogens is 2. The van der Waals surface area contributed by atoms with Crippen LogP contribution >= 0.6 is 0 Å². The topological polar surface area (TPSA) is 85.9 Å². The molecule has 0 aliphatic heterocycles. The molecule has 0 aliphatic carbocycles. The molecule has 3 N–H and O–H groups in total. The van der Waals surface area contributed by atoms with Gasteiger partial charge >= 0.3 is 12.1 Å². The standard InChI is InChI=1S/C26H25F3N2O3/c27-26(28,29)18-15-21(32)30-20-14-13-19-23(24(18)20)17(11-7-2-1-3-8-12-22(33)34)25(31-19)16-9-5-4-6-10-16/h4-6,9-10,13-15,31H,1-3,7-8,11-12H2,(H,30,32)(H,33,34). The second-order valence-corrected chi connectivity index (χ2v) is 8.46. The highest BCUT2D eigenvalue weighted by Crippen LogP contribution is 2.41. The number of nitrogens with one attached hydrogen (secondary N) is 2. The van der Waals surface area contributed by atoms with Gasteiger partial charge in [-0.1, -0.05) is 49.6 Å². The number of carbonyl (C=O) groups is 1. The molecule has 0 spiro atoms. The van der Waals surface area contributed by atoms with E-state index in [2.05, 4.69) is 9.97 Å². The van der Waals surface area contributed by atoms with Crippen LogP contribution in [0.2, 0.25) is 0 Å². The average Bonchev–Trinajstić information content (AvgIpc) is 3.16. The number of pyridine rings is 1. The zero-order chi connectivity index (χ0) is 24.3. The van der Waals surface area contributed by atoms with E-state index in [9.17, 15) is 22.8 Å². The highest BCUT2D eigenvalue weighted by Gasteiger charge is 2.34. The first-order valence-electron chi connectivity index (χ1n) is 11.3. The van der Waals surface area contributed by atoms with Gasteiger partial charge in [0.1, 0.15) is 0 Å². The van der Waals surface area contributed by atoms with Gasteiger partial charge in [-0.2, -0.15) is 13.2 Å². The first kappa shape index (κ1) is 23.6. The lowest BCUT2D eigenvalue weighted by atomic mass is 9.95. The summed E-state index contributed by atoms with van der Waals surface area (Å²) in [5.74, 6) is -0.809. The molecule has 0 fully saturated rings. The lowest BCUT2D eigenvalue weighted by Crippen LogP contribution is -2.14. The molecule has 8 heteroatoms. The Morgan fingerprint density at radius 2 is 1.50 bits per heavy atom. The van der Waals surface area contributed by atoms with Gasteiger partial charge in [0, 0.05) is 40.0 Å². The molecule has 178 valence electrons. The molecule has 5 nitrogen and oxygen atoms in total. The van der Waals surface area contributed by atoms with E-state index in [4.69, 9.17) is 5.11 Å². The van der Waals surface area contributed by atoms with E-state index in [1.165, 1.54) is 6.07 Å². The summed E-state index contributed by atoms with van der Waals surface area (Å²) in [7, 11) is 0. The van der Waals surface area contributed by atoms with Gasteiger partial charge in [-0.15, -0.1) is 0 Å². The van der Waals surface area contributed by atoms with Crippen LogP contribution in [0, 0.1) is 0 Å². The van der Waals surface area contributed by atoms with Crippen LogP contribution in [0.1, 0.15) is 49.7 Å². The number of carboxylic acids is 1. The number of fused-ring (bicyclic) bond motifs is 3. The maximum Gasteiger partial charge on any atom is 0.417 e. The largest absolute Gasteiger partial charge is 0.481 e. The number of hydrogen-bond acceptors (Lipinski definition) is 2. The molecule has 0 aliphatic rings. The Morgan fingerprint density at radius 1 is 0.853 bits per heavy atom. The van der Waals surface area contributed by atoms with Crippen molar-refractivity contribution in [3.05, 3.63) is 70.0 Å². The van der Waals surface area contributed by atoms with E-state index in [1.807, 2.05) is 30.3 Å². The average molecular weight is 470 g/mol. The fraction of sp³-hybridized carbons (Fsp3) is 0.308. The van der Waals surface area contributed by atoms with Crippen molar-refractivity contribution >= 4 is 27.8 Å². The first-order valence-corrected chi connectivity index (χ1v) is 11.3. The summed E-state index contributed by atoms with van der Waals surface area (Å²) in [5.41, 5.74) is 1.44. The molecule has 4 aromatic rings. The smallest absolute Gasteiger partial charge is 0.417 e. The normalized spacial score (nSPS) is 12.0. The van der Waals surface area contributed by atoms with Gasteiger partial charge in [-0.05, 0) is 42.5 Å². The number of aliphatic carboxylic acids is 1. The number of rotatable bonds is 9. The van der Waals surface area contributed by atoms with Gasteiger partial charge in [0.25, 0.3) is 0 Å². The highest BCUT2D eigenvalue weighted by molar-refractivity contribution is 6.11. The number of carboxylic acid groups (broad SMARTS) is 1. The minimum Gasteiger partial charge on any atom is -0.481 e. The first-order chi connectivity index (χ1) is 16.3. The van der Waals surface area contributed by atoms with Crippen LogP contribution in [-0.2, 0) is 17.4 Å². The number of aryl methyl sites for hydroxylation is 1. The minimum atomic E-state index is -4.67. The van der Waals surface area contributed by atoms with Gasteiger partial charge in [0.05, 0.1) is 5.56 Å². The van der Waals surface area contributed by atoms with Gasteiger partial charge < -0.3 is 15.1 Å². The molecule has 0 radical (unpaired) electrons. The molecule has 0 saturated carbocycles. The molecule has 0 bridgehead atoms. The van der Waals surface area contributed by atoms with Crippen LogP contribution in [-0.4, -0.2) is 21.0 Å². The molecule has 4 rings (SSSR count). The van der Waals surface area contributed by atoms with Crippen LogP contribution in [0.4, 0.5) is 13.2 Å². The number of aromatic amines is 2. The monoisotopic (exact) mass is 470 g/mol. The number of hydrogen-bond donors (Lipinski definition) is 3. The maximum absolute atomic E-state index is 14.0. The Morgan fingerprint density at radius 3 is 2.18 bits per heavy atom. The van der Waals surface area contributed by atoms with E-state index in [0.717, 1.165) is 42.5 Å². The van der Waals surface area contributed by atoms with E-state index < -0.39 is 23.3 Å². The molecule has 0 amide bonds. The Balaban J connectivity index is 1.79. The molecule has 0 unspecified atom stereocenters. The zero-order valence-corrected chi connectivity index (χ0v) is 18.5. The molecule has 34 heavy (non-hydrogen) atoms. The van der Waals surface area contributed by atoms with Crippen molar-refractivity contribution in [1.82, 2.24) is 9.97 Å². The number of benzene rings is 2. The Kier molecular flexibility index (Phi) is 6.77. The van der Waals surface area contributed by atoms with E-state index in [1.54, 1.807) is 6.07 Å². The summed E-state index contributed by atoms with van der Waals surface area (Å²) in [6.07, 6.45) is -0.109. The second-order valence-electron chi connectivity index (χ2n) is 8.46. The van der Waals surface area contributed by atoms with E-state index in [-0.39, 0.29) is 17.3 Å². The SMILES string of the molecule is O=C(O)CCCCCCCc1c(-c2ccccc2)[nH]c2ccc3[nH]c(=O)cc(C(F)(F)F)c3c12. The van der Waals surface area contributed by atoms with Crippen LogP contribution in [0.3, 0.4) is 0 Å². The van der Waals surface area contributed by atoms with Gasteiger partial charge in [0.2, 0.25) is 5.56 Å². The van der Waals surface area contributed by atoms with Crippen molar-refractivity contribution in [1.29, 1.82) is 0 Å². The lowest BCUT2D eigenvalue weighted by Gasteiger charge is -2.12. The lowest BCUT2D eigenvalue weighted by molar-refractivity contribution is -0.137. The fourth-order valence-corrected chi connectivity index (χ4v) is 4.54. The third-order valence-corrected chi connectivity index (χ3v) is 6.06. The summed E-state index contributed by atoms with van der Waals surface area (Å²) in [6, 6.07) is 13.3. The van der Waals surface area contributed by atoms with E-state index in [0.29, 0.717) is 29.8 Å². The van der Waals surface area contributed by atoms with E-state index >= 15 is 0 Å². The molecule has 0 saturated heterocycles. The summed E-state index contributed by atoms with van der Waals surface area (Å²) in [5, 5.41) is 9.24. The Bertz CT molecular complexity index is 1370. The molecular weight excluding hydrogens is 445 g/mol. The van der Waals surface area contributed by atoms with Crippen molar-refractivity contribution in [2.75, 3.05) is 0 Å². The Hall–Kier alpha value is -3.55. The van der Waals surface area contributed by atoms with Gasteiger partial charge in [-0.3, -0.25) is 9.59 Å². The number of halogens is 3. The van der Waals surface area contributed by atoms with Crippen LogP contribution in [0.25, 0.3) is 33.1 Å². The van der Waals surface area contributed by atoms with Gasteiger partial charge in [-0.25, -0.2) is 0 Å². The highest BCUT2D eigenvalue weighted by atomic mass is 19.4. The summed E-state index contributed by atoms with van der Waals surface area (Å²) in [4.78, 5) is 28.5. The molecule has 2 aromatic heterocycles. The quantitative estimate of drug-likeness (QED) is 0.239. The van der Waals surface area contributed by atoms with Crippen LogP contribution in [0.15, 0.2) is 53.3 Å². The molecule has 0 atom stereocenters. The number of unbranched alkanes of at least 4 members (excludes halogenated alkanes) is 4. The molecule has 2 aromatic carbocycles. The third kappa shape index (κ3) is 5.00. The minimum absolute atomic E-state index is 0.000473. The second kappa shape index (κ2) is 9.75. The van der Waals surface area contributed by atoms with Crippen molar-refractivity contribution in [2.45, 2.75) is 51.1 Å². The number of H-pyrrole nitrogens is 2. The van der Waals surface area contributed by atoms with Crippen molar-refractivity contribution < 1.29 is 23.1 Å². The van der Waals surface area contributed by atoms with Crippen molar-refractivity contribution in [3.8, 4) is 11.3 Å². The fourth-order valence-electron chi connectivity index (χ4n) is 4.54. The van der Waals surface area contributed by atoms with Crippen LogP contribution < -0.4 is 5.56 Å². The molecule has 2 heterocycles. The predicted molar refractivity (Wildman–Crippen MR) is 126 cm³/mol. The van der Waals surface area contributed by atoms with Gasteiger partial charge in [0.15, 0.2) is 0 Å². The zero-order valence-electron chi connectivity index (χ0n) is 18.5. The number of alkyl halides is 3. The van der Waals surface area contributed by atoms with Crippen molar-refractivity contribution in [2.24, 2.45) is 0 Å². The summed E-state index contributed by atoms with van der Waals surface area (Å²) < 4.78 is 41.9. The Labute approximate surface area is 193 Å². The predicted octanol–water partition coefficient (Wildman–Crippen LogP) is 6.66. The third-order valence-electron chi connectivity index (χ3n) is 6.06. The molecular formula is C26H25F3N2O3.